The lowest BCUT2D eigenvalue weighted by Crippen LogP contribution is -2.16. The molecule has 0 bridgehead atoms. The molecule has 1 aromatic heterocycles. The van der Waals surface area contributed by atoms with E-state index in [-0.39, 0.29) is 0 Å². The van der Waals surface area contributed by atoms with Crippen molar-refractivity contribution in [3.63, 3.8) is 0 Å². The first-order valence-electron chi connectivity index (χ1n) is 3.10. The molecule has 0 aliphatic carbocycles. The molecule has 5 heteroatoms. The molecule has 0 amide bonds. The van der Waals surface area contributed by atoms with Gasteiger partial charge in [-0.1, -0.05) is 0 Å². The summed E-state index contributed by atoms with van der Waals surface area (Å²) in [6.45, 7) is 1.09. The van der Waals surface area contributed by atoms with Gasteiger partial charge in [-0.05, 0) is 7.05 Å². The second-order valence-electron chi connectivity index (χ2n) is 1.89. The van der Waals surface area contributed by atoms with Crippen LogP contribution in [0.1, 0.15) is 5.82 Å². The lowest BCUT2D eigenvalue weighted by atomic mass is 10.6. The summed E-state index contributed by atoms with van der Waals surface area (Å²) in [7, 11) is 1.86. The third-order valence-corrected chi connectivity index (χ3v) is 1.20. The van der Waals surface area contributed by atoms with Crippen LogP contribution in [0.25, 0.3) is 0 Å². The highest BCUT2D eigenvalue weighted by atomic mass is 15.4. The molecule has 10 heavy (non-hydrogen) atoms. The van der Waals surface area contributed by atoms with E-state index in [1.54, 1.807) is 4.68 Å². The molecule has 1 rings (SSSR count). The van der Waals surface area contributed by atoms with Crippen molar-refractivity contribution < 1.29 is 0 Å². The fourth-order valence-electron chi connectivity index (χ4n) is 0.736. The topological polar surface area (TPSA) is 68.8 Å². The maximum atomic E-state index is 5.36. The molecule has 0 aliphatic rings. The summed E-state index contributed by atoms with van der Waals surface area (Å²) < 4.78 is 1.65. The Morgan fingerprint density at radius 2 is 2.60 bits per heavy atom. The highest BCUT2D eigenvalue weighted by Gasteiger charge is 1.98. The van der Waals surface area contributed by atoms with E-state index in [1.807, 2.05) is 7.05 Å². The van der Waals surface area contributed by atoms with Gasteiger partial charge in [0.05, 0.1) is 13.2 Å². The summed E-state index contributed by atoms with van der Waals surface area (Å²) in [5.74, 6) is 0.866. The van der Waals surface area contributed by atoms with Crippen LogP contribution in [0.5, 0.6) is 0 Å². The van der Waals surface area contributed by atoms with Gasteiger partial charge < -0.3 is 11.1 Å². The van der Waals surface area contributed by atoms with E-state index >= 15 is 0 Å². The summed E-state index contributed by atoms with van der Waals surface area (Å²) in [5, 5.41) is 6.86. The molecule has 1 aromatic rings. The van der Waals surface area contributed by atoms with Gasteiger partial charge in [0.15, 0.2) is 0 Å². The second kappa shape index (κ2) is 3.28. The summed E-state index contributed by atoms with van der Waals surface area (Å²) in [6, 6.07) is 0. The van der Waals surface area contributed by atoms with Gasteiger partial charge in [-0.2, -0.15) is 5.10 Å². The number of nitrogens with two attached hydrogens (primary N) is 1. The number of hydrogen-bond donors (Lipinski definition) is 2. The van der Waals surface area contributed by atoms with Gasteiger partial charge in [-0.25, -0.2) is 9.67 Å². The van der Waals surface area contributed by atoms with Crippen LogP contribution in [-0.2, 0) is 13.2 Å². The largest absolute Gasteiger partial charge is 0.313 e. The number of aromatic nitrogens is 3. The van der Waals surface area contributed by atoms with E-state index in [1.165, 1.54) is 6.33 Å². The van der Waals surface area contributed by atoms with Crippen LogP contribution < -0.4 is 11.1 Å². The standard InChI is InChI=1S/C5H11N5/c1-7-2-5-8-4-9-10(5)3-6/h4,7H,2-3,6H2,1H3. The molecule has 0 radical (unpaired) electrons. The van der Waals surface area contributed by atoms with Crippen molar-refractivity contribution >= 4 is 0 Å². The first kappa shape index (κ1) is 7.17. The Morgan fingerprint density at radius 1 is 1.80 bits per heavy atom. The van der Waals surface area contributed by atoms with Crippen LogP contribution in [0.15, 0.2) is 6.33 Å². The quantitative estimate of drug-likeness (QED) is 0.561. The van der Waals surface area contributed by atoms with Crippen molar-refractivity contribution in [3.8, 4) is 0 Å². The lowest BCUT2D eigenvalue weighted by molar-refractivity contribution is 0.580. The molecule has 56 valence electrons. The van der Waals surface area contributed by atoms with Crippen molar-refractivity contribution in [1.82, 2.24) is 20.1 Å². The Hall–Kier alpha value is -0.940. The van der Waals surface area contributed by atoms with Gasteiger partial charge >= 0.3 is 0 Å². The zero-order valence-electron chi connectivity index (χ0n) is 5.91. The minimum absolute atomic E-state index is 0.386. The average Bonchev–Trinajstić information content (AvgIpc) is 2.36. The van der Waals surface area contributed by atoms with E-state index in [9.17, 15) is 0 Å². The Kier molecular flexibility index (Phi) is 2.35. The molecule has 0 spiro atoms. The molecule has 0 saturated heterocycles. The van der Waals surface area contributed by atoms with Crippen LogP contribution >= 0.6 is 0 Å². The summed E-state index contributed by atoms with van der Waals surface area (Å²) in [6.07, 6.45) is 1.50. The minimum atomic E-state index is 0.386. The van der Waals surface area contributed by atoms with Gasteiger partial charge in [-0.3, -0.25) is 0 Å². The average molecular weight is 141 g/mol. The highest BCUT2D eigenvalue weighted by Crippen LogP contribution is 1.89. The number of rotatable bonds is 3. The normalized spacial score (nSPS) is 10.2. The minimum Gasteiger partial charge on any atom is -0.313 e. The zero-order valence-corrected chi connectivity index (χ0v) is 5.91. The monoisotopic (exact) mass is 141 g/mol. The SMILES string of the molecule is CNCc1ncnn1CN. The molecule has 0 aliphatic heterocycles. The van der Waals surface area contributed by atoms with Crippen LogP contribution in [-0.4, -0.2) is 21.8 Å². The maximum Gasteiger partial charge on any atom is 0.142 e. The molecule has 0 unspecified atom stereocenters. The van der Waals surface area contributed by atoms with E-state index in [0.29, 0.717) is 13.2 Å². The molecule has 0 atom stereocenters. The summed E-state index contributed by atoms with van der Waals surface area (Å²) in [5.41, 5.74) is 5.36. The first-order chi connectivity index (χ1) is 4.88. The van der Waals surface area contributed by atoms with E-state index < -0.39 is 0 Å². The molecule has 0 aromatic carbocycles. The fraction of sp³-hybridized carbons (Fsp3) is 0.600. The molecule has 5 nitrogen and oxygen atoms in total. The Bertz CT molecular complexity index is 194. The van der Waals surface area contributed by atoms with E-state index in [0.717, 1.165) is 5.82 Å². The van der Waals surface area contributed by atoms with Gasteiger partial charge in [-0.15, -0.1) is 0 Å². The smallest absolute Gasteiger partial charge is 0.142 e. The Balaban J connectivity index is 2.70. The first-order valence-corrected chi connectivity index (χ1v) is 3.10. The van der Waals surface area contributed by atoms with Crippen LogP contribution in [0.2, 0.25) is 0 Å². The fourth-order valence-corrected chi connectivity index (χ4v) is 0.736. The number of nitrogens with zero attached hydrogens (tertiary/aromatic N) is 3. The lowest BCUT2D eigenvalue weighted by Gasteiger charge is -1.99. The molecule has 1 heterocycles. The van der Waals surface area contributed by atoms with Crippen molar-refractivity contribution in [2.75, 3.05) is 7.05 Å². The van der Waals surface area contributed by atoms with Crippen LogP contribution in [0.3, 0.4) is 0 Å². The van der Waals surface area contributed by atoms with Gasteiger partial charge in [0.25, 0.3) is 0 Å². The molecule has 0 fully saturated rings. The summed E-state index contributed by atoms with van der Waals surface area (Å²) in [4.78, 5) is 3.99. The van der Waals surface area contributed by atoms with Crippen LogP contribution in [0.4, 0.5) is 0 Å². The third-order valence-electron chi connectivity index (χ3n) is 1.20. The second-order valence-corrected chi connectivity index (χ2v) is 1.89. The van der Waals surface area contributed by atoms with Crippen molar-refractivity contribution in [2.45, 2.75) is 13.2 Å². The predicted molar refractivity (Wildman–Crippen MR) is 37.0 cm³/mol. The summed E-state index contributed by atoms with van der Waals surface area (Å²) >= 11 is 0. The van der Waals surface area contributed by atoms with Crippen LogP contribution in [0, 0.1) is 0 Å². The zero-order chi connectivity index (χ0) is 7.40. The molecular weight excluding hydrogens is 130 g/mol. The molecule has 3 N–H and O–H groups in total. The maximum absolute atomic E-state index is 5.36. The van der Waals surface area contributed by atoms with Crippen molar-refractivity contribution in [3.05, 3.63) is 12.2 Å². The Morgan fingerprint density at radius 3 is 3.20 bits per heavy atom. The van der Waals surface area contributed by atoms with Crippen molar-refractivity contribution in [1.29, 1.82) is 0 Å². The third kappa shape index (κ3) is 1.31. The van der Waals surface area contributed by atoms with Crippen molar-refractivity contribution in [2.24, 2.45) is 5.73 Å². The predicted octanol–water partition coefficient (Wildman–Crippen LogP) is -1.09. The highest BCUT2D eigenvalue weighted by molar-refractivity contribution is 4.82. The molecule has 0 saturated carbocycles. The molecular formula is C5H11N5. The Labute approximate surface area is 59.2 Å². The van der Waals surface area contributed by atoms with E-state index in [4.69, 9.17) is 5.73 Å². The number of hydrogen-bond acceptors (Lipinski definition) is 4. The van der Waals surface area contributed by atoms with Gasteiger partial charge in [0.1, 0.15) is 12.2 Å². The van der Waals surface area contributed by atoms with Gasteiger partial charge in [0, 0.05) is 0 Å². The van der Waals surface area contributed by atoms with Gasteiger partial charge in [0.2, 0.25) is 0 Å². The number of nitrogens with one attached hydrogen (secondary N) is 1. The van der Waals surface area contributed by atoms with E-state index in [2.05, 4.69) is 15.4 Å².